The molecule has 0 unspecified atom stereocenters. The van der Waals surface area contributed by atoms with E-state index in [0.717, 1.165) is 16.9 Å². The van der Waals surface area contributed by atoms with Crippen LogP contribution in [0.25, 0.3) is 0 Å². The van der Waals surface area contributed by atoms with Crippen LogP contribution in [0.3, 0.4) is 0 Å². The number of halogens is 1. The molecule has 2 N–H and O–H groups in total. The number of hydrogen-bond donors (Lipinski definition) is 2. The molecule has 0 saturated carbocycles. The zero-order valence-corrected chi connectivity index (χ0v) is 19.3. The maximum Gasteiger partial charge on any atom is 0.348 e. The highest BCUT2D eigenvalue weighted by Crippen LogP contribution is 2.34. The van der Waals surface area contributed by atoms with Crippen LogP contribution >= 0.6 is 35.2 Å². The smallest absolute Gasteiger partial charge is 0.348 e. The lowest BCUT2D eigenvalue weighted by Gasteiger charge is -2.09. The predicted octanol–water partition coefficient (Wildman–Crippen LogP) is 4.34. The number of thiophene rings is 1. The van der Waals surface area contributed by atoms with E-state index in [4.69, 9.17) is 33.3 Å². The maximum absolute atomic E-state index is 12.2. The van der Waals surface area contributed by atoms with E-state index in [0.29, 0.717) is 32.8 Å². The summed E-state index contributed by atoms with van der Waals surface area (Å²) in [6.07, 6.45) is 1.81. The van der Waals surface area contributed by atoms with Crippen LogP contribution < -0.4 is 10.6 Å². The van der Waals surface area contributed by atoms with Gasteiger partial charge in [0.05, 0.1) is 26.3 Å². The molecule has 2 aromatic heterocycles. The van der Waals surface area contributed by atoms with Crippen LogP contribution in [-0.4, -0.2) is 41.1 Å². The Labute approximate surface area is 193 Å². The van der Waals surface area contributed by atoms with Crippen molar-refractivity contribution < 1.29 is 19.1 Å². The second-order valence-electron chi connectivity index (χ2n) is 6.35. The first-order chi connectivity index (χ1) is 14.8. The van der Waals surface area contributed by atoms with E-state index in [1.165, 1.54) is 14.2 Å². The average Bonchev–Trinajstić information content (AvgIpc) is 3.32. The van der Waals surface area contributed by atoms with Crippen molar-refractivity contribution in [2.75, 3.05) is 24.9 Å². The van der Waals surface area contributed by atoms with Gasteiger partial charge in [-0.1, -0.05) is 23.7 Å². The van der Waals surface area contributed by atoms with Gasteiger partial charge in [-0.2, -0.15) is 5.10 Å². The van der Waals surface area contributed by atoms with E-state index in [2.05, 4.69) is 15.7 Å². The van der Waals surface area contributed by atoms with E-state index in [9.17, 15) is 9.59 Å². The first-order valence-corrected chi connectivity index (χ1v) is 10.6. The van der Waals surface area contributed by atoms with Crippen molar-refractivity contribution in [2.45, 2.75) is 13.5 Å². The summed E-state index contributed by atoms with van der Waals surface area (Å²) in [5.41, 5.74) is 1.73. The second-order valence-corrected chi connectivity index (χ2v) is 8.21. The van der Waals surface area contributed by atoms with Crippen molar-refractivity contribution in [3.8, 4) is 0 Å². The number of anilines is 2. The first-order valence-electron chi connectivity index (χ1n) is 8.98. The molecule has 0 bridgehead atoms. The minimum absolute atomic E-state index is 0.208. The van der Waals surface area contributed by atoms with Gasteiger partial charge < -0.3 is 20.1 Å². The van der Waals surface area contributed by atoms with Crippen molar-refractivity contribution in [1.82, 2.24) is 9.78 Å². The largest absolute Gasteiger partial charge is 0.465 e. The topological polar surface area (TPSA) is 94.5 Å². The molecule has 0 spiro atoms. The number of aromatic nitrogens is 2. The molecular formula is C20H19ClN4O4S2. The molecule has 2 heterocycles. The lowest BCUT2D eigenvalue weighted by atomic mass is 10.1. The van der Waals surface area contributed by atoms with Crippen molar-refractivity contribution in [3.05, 3.63) is 63.1 Å². The molecule has 0 atom stereocenters. The number of carbonyl (C=O) groups is 2. The summed E-state index contributed by atoms with van der Waals surface area (Å²) in [6.45, 7) is 2.22. The monoisotopic (exact) mass is 478 g/mol. The standard InChI is InChI=1S/C20H19ClN4O4S2/c1-11-15(18(26)28-2)17(31-16(11)19(27)29-3)23-20(30)22-14-8-9-25(24-14)10-12-4-6-13(21)7-5-12/h4-9H,10H2,1-3H3,(H2,22,23,24,30). The number of benzene rings is 1. The van der Waals surface area contributed by atoms with Crippen LogP contribution in [0.15, 0.2) is 36.5 Å². The Hall–Kier alpha value is -2.95. The Morgan fingerprint density at radius 1 is 1.13 bits per heavy atom. The lowest BCUT2D eigenvalue weighted by Crippen LogP contribution is -2.20. The Balaban J connectivity index is 1.72. The zero-order valence-electron chi connectivity index (χ0n) is 16.9. The van der Waals surface area contributed by atoms with Crippen LogP contribution in [0, 0.1) is 6.92 Å². The van der Waals surface area contributed by atoms with Crippen molar-refractivity contribution in [1.29, 1.82) is 0 Å². The quantitative estimate of drug-likeness (QED) is 0.399. The van der Waals surface area contributed by atoms with Crippen LogP contribution in [0.4, 0.5) is 10.8 Å². The highest BCUT2D eigenvalue weighted by Gasteiger charge is 2.26. The van der Waals surface area contributed by atoms with Crippen molar-refractivity contribution in [2.24, 2.45) is 0 Å². The number of carbonyl (C=O) groups excluding carboxylic acids is 2. The summed E-state index contributed by atoms with van der Waals surface area (Å²) in [5.74, 6) is -0.602. The molecule has 8 nitrogen and oxygen atoms in total. The molecule has 0 aliphatic rings. The summed E-state index contributed by atoms with van der Waals surface area (Å²) in [4.78, 5) is 24.5. The summed E-state index contributed by atoms with van der Waals surface area (Å²) < 4.78 is 11.4. The number of rotatable bonds is 6. The fourth-order valence-electron chi connectivity index (χ4n) is 2.78. The third-order valence-corrected chi connectivity index (χ3v) is 5.92. The molecule has 0 amide bonds. The molecule has 11 heteroatoms. The van der Waals surface area contributed by atoms with Gasteiger partial charge in [-0.25, -0.2) is 9.59 Å². The van der Waals surface area contributed by atoms with Gasteiger partial charge in [-0.15, -0.1) is 11.3 Å². The molecular weight excluding hydrogens is 460 g/mol. The summed E-state index contributed by atoms with van der Waals surface area (Å²) in [7, 11) is 2.55. The van der Waals surface area contributed by atoms with E-state index >= 15 is 0 Å². The second kappa shape index (κ2) is 9.90. The molecule has 0 saturated heterocycles. The van der Waals surface area contributed by atoms with Gasteiger partial charge in [0.2, 0.25) is 0 Å². The maximum atomic E-state index is 12.2. The summed E-state index contributed by atoms with van der Waals surface area (Å²) in [5, 5.41) is 11.6. The van der Waals surface area contributed by atoms with Crippen LogP contribution in [0.2, 0.25) is 5.02 Å². The Bertz CT molecular complexity index is 1120. The normalized spacial score (nSPS) is 10.5. The molecule has 3 rings (SSSR count). The van der Waals surface area contributed by atoms with E-state index in [1.54, 1.807) is 17.7 Å². The molecule has 1 aromatic carbocycles. The number of thiocarbonyl (C=S) groups is 1. The number of nitrogens with one attached hydrogen (secondary N) is 2. The number of esters is 2. The van der Waals surface area contributed by atoms with Crippen LogP contribution in [-0.2, 0) is 16.0 Å². The van der Waals surface area contributed by atoms with E-state index in [1.807, 2.05) is 30.5 Å². The summed E-state index contributed by atoms with van der Waals surface area (Å²) >= 11 is 12.3. The Morgan fingerprint density at radius 2 is 1.81 bits per heavy atom. The van der Waals surface area contributed by atoms with Crippen LogP contribution in [0.1, 0.15) is 31.2 Å². The van der Waals surface area contributed by atoms with Crippen molar-refractivity contribution >= 4 is 63.0 Å². The molecule has 0 radical (unpaired) electrons. The Kier molecular flexibility index (Phi) is 7.26. The molecule has 0 aliphatic carbocycles. The van der Waals surface area contributed by atoms with Crippen LogP contribution in [0.5, 0.6) is 0 Å². The fourth-order valence-corrected chi connectivity index (χ4v) is 4.30. The third-order valence-electron chi connectivity index (χ3n) is 4.27. The molecule has 31 heavy (non-hydrogen) atoms. The number of hydrogen-bond acceptors (Lipinski definition) is 7. The average molecular weight is 479 g/mol. The fraction of sp³-hybridized carbons (Fsp3) is 0.200. The van der Waals surface area contributed by atoms with Gasteiger partial charge in [0.25, 0.3) is 0 Å². The lowest BCUT2D eigenvalue weighted by molar-refractivity contribution is 0.0601. The minimum atomic E-state index is -0.582. The van der Waals surface area contributed by atoms with Gasteiger partial charge in [0, 0.05) is 17.3 Å². The van der Waals surface area contributed by atoms with Gasteiger partial charge in [-0.05, 0) is 42.4 Å². The predicted molar refractivity (Wildman–Crippen MR) is 124 cm³/mol. The first kappa shape index (κ1) is 22.7. The summed E-state index contributed by atoms with van der Waals surface area (Å²) in [6, 6.07) is 9.27. The van der Waals surface area contributed by atoms with Gasteiger partial charge in [-0.3, -0.25) is 4.68 Å². The molecule has 0 fully saturated rings. The molecule has 162 valence electrons. The zero-order chi connectivity index (χ0) is 22.5. The molecule has 3 aromatic rings. The van der Waals surface area contributed by atoms with Crippen molar-refractivity contribution in [3.63, 3.8) is 0 Å². The van der Waals surface area contributed by atoms with E-state index in [-0.39, 0.29) is 10.7 Å². The molecule has 0 aliphatic heterocycles. The third kappa shape index (κ3) is 5.40. The van der Waals surface area contributed by atoms with Gasteiger partial charge >= 0.3 is 11.9 Å². The highest BCUT2D eigenvalue weighted by atomic mass is 35.5. The number of nitrogens with zero attached hydrogens (tertiary/aromatic N) is 2. The van der Waals surface area contributed by atoms with E-state index < -0.39 is 11.9 Å². The number of methoxy groups -OCH3 is 2. The number of ether oxygens (including phenoxy) is 2. The van der Waals surface area contributed by atoms with Gasteiger partial charge in [0.15, 0.2) is 10.9 Å². The van der Waals surface area contributed by atoms with Gasteiger partial charge in [0.1, 0.15) is 9.88 Å². The minimum Gasteiger partial charge on any atom is -0.465 e. The Morgan fingerprint density at radius 3 is 2.45 bits per heavy atom. The highest BCUT2D eigenvalue weighted by molar-refractivity contribution is 7.80. The SMILES string of the molecule is COC(=O)c1sc(NC(=S)Nc2ccn(Cc3ccc(Cl)cc3)n2)c(C(=O)OC)c1C.